The number of nitrogens with one attached hydrogen (secondary N) is 1. The van der Waals surface area contributed by atoms with Gasteiger partial charge in [0.05, 0.1) is 6.04 Å². The molecule has 0 fully saturated rings. The van der Waals surface area contributed by atoms with E-state index in [2.05, 4.69) is 5.32 Å². The Bertz CT molecular complexity index is 256. The van der Waals surface area contributed by atoms with Crippen LogP contribution < -0.4 is 11.1 Å². The van der Waals surface area contributed by atoms with Crippen LogP contribution in [0.3, 0.4) is 0 Å². The fourth-order valence-corrected chi connectivity index (χ4v) is 1.38. The Labute approximate surface area is 103 Å². The largest absolute Gasteiger partial charge is 0.481 e. The quantitative estimate of drug-likeness (QED) is 0.593. The minimum absolute atomic E-state index is 0.133. The number of carboxylic acids is 1. The molecule has 100 valence electrons. The van der Waals surface area contributed by atoms with Gasteiger partial charge < -0.3 is 16.2 Å². The van der Waals surface area contributed by atoms with Crippen molar-refractivity contribution in [2.45, 2.75) is 46.1 Å². The number of carboxylic acid groups (broad SMARTS) is 1. The lowest BCUT2D eigenvalue weighted by molar-refractivity contribution is -0.137. The zero-order chi connectivity index (χ0) is 13.4. The van der Waals surface area contributed by atoms with Crippen molar-refractivity contribution in [2.24, 2.45) is 17.6 Å². The third-order valence-electron chi connectivity index (χ3n) is 3.04. The maximum absolute atomic E-state index is 11.6. The first kappa shape index (κ1) is 15.9. The topological polar surface area (TPSA) is 92.4 Å². The fraction of sp³-hybridized carbons (Fsp3) is 0.833. The Morgan fingerprint density at radius 3 is 2.41 bits per heavy atom. The van der Waals surface area contributed by atoms with Gasteiger partial charge in [-0.1, -0.05) is 27.2 Å². The highest BCUT2D eigenvalue weighted by Crippen LogP contribution is 2.07. The van der Waals surface area contributed by atoms with Gasteiger partial charge in [0.1, 0.15) is 0 Å². The van der Waals surface area contributed by atoms with Crippen LogP contribution in [-0.2, 0) is 9.59 Å². The number of amides is 1. The molecule has 1 unspecified atom stereocenters. The highest BCUT2D eigenvalue weighted by Gasteiger charge is 2.19. The summed E-state index contributed by atoms with van der Waals surface area (Å²) in [5, 5.41) is 11.3. The molecular formula is C12H24N2O3. The molecule has 0 saturated heterocycles. The monoisotopic (exact) mass is 244 g/mol. The molecule has 0 rings (SSSR count). The van der Waals surface area contributed by atoms with Crippen LogP contribution in [0, 0.1) is 11.8 Å². The van der Waals surface area contributed by atoms with E-state index in [1.807, 2.05) is 20.8 Å². The van der Waals surface area contributed by atoms with E-state index >= 15 is 0 Å². The van der Waals surface area contributed by atoms with Crippen LogP contribution in [0.4, 0.5) is 0 Å². The number of hydrogen-bond acceptors (Lipinski definition) is 3. The van der Waals surface area contributed by atoms with Gasteiger partial charge >= 0.3 is 5.97 Å². The number of carbonyl (C=O) groups excluding carboxylic acids is 1. The molecule has 0 aromatic rings. The van der Waals surface area contributed by atoms with E-state index in [0.29, 0.717) is 13.0 Å². The highest BCUT2D eigenvalue weighted by molar-refractivity contribution is 5.81. The van der Waals surface area contributed by atoms with Gasteiger partial charge in [-0.15, -0.1) is 0 Å². The van der Waals surface area contributed by atoms with Gasteiger partial charge in [0.25, 0.3) is 0 Å². The summed E-state index contributed by atoms with van der Waals surface area (Å²) in [5.74, 6) is -0.649. The zero-order valence-electron chi connectivity index (χ0n) is 10.9. The smallest absolute Gasteiger partial charge is 0.303 e. The van der Waals surface area contributed by atoms with Gasteiger partial charge in [-0.05, 0) is 18.3 Å². The number of aliphatic carboxylic acids is 1. The van der Waals surface area contributed by atoms with Crippen molar-refractivity contribution in [3.63, 3.8) is 0 Å². The van der Waals surface area contributed by atoms with Gasteiger partial charge in [0, 0.05) is 13.0 Å². The number of carbonyl (C=O) groups is 2. The van der Waals surface area contributed by atoms with Gasteiger partial charge in [0.15, 0.2) is 0 Å². The summed E-state index contributed by atoms with van der Waals surface area (Å²) in [7, 11) is 0. The van der Waals surface area contributed by atoms with E-state index < -0.39 is 12.0 Å². The second-order valence-corrected chi connectivity index (χ2v) is 4.69. The van der Waals surface area contributed by atoms with Crippen LogP contribution in [0.1, 0.15) is 40.0 Å². The molecule has 0 aliphatic rings. The van der Waals surface area contributed by atoms with Gasteiger partial charge in [-0.3, -0.25) is 9.59 Å². The minimum atomic E-state index is -0.806. The normalized spacial score (nSPS) is 16.0. The van der Waals surface area contributed by atoms with E-state index in [9.17, 15) is 9.59 Å². The van der Waals surface area contributed by atoms with E-state index in [0.717, 1.165) is 6.42 Å². The second-order valence-electron chi connectivity index (χ2n) is 4.69. The highest BCUT2D eigenvalue weighted by atomic mass is 16.4. The van der Waals surface area contributed by atoms with Gasteiger partial charge in [-0.25, -0.2) is 0 Å². The maximum Gasteiger partial charge on any atom is 0.303 e. The molecule has 0 spiro atoms. The fourth-order valence-electron chi connectivity index (χ4n) is 1.38. The van der Waals surface area contributed by atoms with Crippen LogP contribution in [0.15, 0.2) is 0 Å². The van der Waals surface area contributed by atoms with Crippen LogP contribution in [0.25, 0.3) is 0 Å². The molecule has 0 heterocycles. The molecule has 0 aromatic heterocycles. The third kappa shape index (κ3) is 6.94. The van der Waals surface area contributed by atoms with Crippen LogP contribution >= 0.6 is 0 Å². The molecule has 0 aliphatic heterocycles. The summed E-state index contributed by atoms with van der Waals surface area (Å²) < 4.78 is 0. The number of hydrogen-bond donors (Lipinski definition) is 3. The summed E-state index contributed by atoms with van der Waals surface area (Å²) in [6.07, 6.45) is 1.56. The average molecular weight is 244 g/mol. The lowest BCUT2D eigenvalue weighted by atomic mass is 9.99. The Morgan fingerprint density at radius 1 is 1.35 bits per heavy atom. The van der Waals surface area contributed by atoms with Gasteiger partial charge in [0.2, 0.25) is 5.91 Å². The third-order valence-corrected chi connectivity index (χ3v) is 3.04. The molecule has 4 N–H and O–H groups in total. The minimum Gasteiger partial charge on any atom is -0.481 e. The zero-order valence-corrected chi connectivity index (χ0v) is 10.9. The summed E-state index contributed by atoms with van der Waals surface area (Å²) in [6.45, 7) is 6.33. The first-order valence-corrected chi connectivity index (χ1v) is 6.13. The Balaban J connectivity index is 3.86. The standard InChI is InChI=1S/C12H24N2O3/c1-4-9(3)11(13)12(17)14-7-8(2)5-6-10(15)16/h8-9,11H,4-7,13H2,1-3H3,(H,14,17)(H,15,16)/t8?,9-,11-/m0/s1. The first-order chi connectivity index (χ1) is 7.88. The van der Waals surface area contributed by atoms with Crippen molar-refractivity contribution in [3.8, 4) is 0 Å². The Kier molecular flexibility index (Phi) is 7.54. The van der Waals surface area contributed by atoms with E-state index in [4.69, 9.17) is 10.8 Å². The average Bonchev–Trinajstić information content (AvgIpc) is 2.31. The lowest BCUT2D eigenvalue weighted by Crippen LogP contribution is -2.45. The molecule has 5 nitrogen and oxygen atoms in total. The lowest BCUT2D eigenvalue weighted by Gasteiger charge is -2.19. The van der Waals surface area contributed by atoms with Crippen LogP contribution in [-0.4, -0.2) is 29.6 Å². The Hall–Kier alpha value is -1.10. The molecule has 17 heavy (non-hydrogen) atoms. The van der Waals surface area contributed by atoms with E-state index in [1.165, 1.54) is 0 Å². The predicted molar refractivity (Wildman–Crippen MR) is 66.5 cm³/mol. The number of nitrogens with two attached hydrogens (primary N) is 1. The summed E-state index contributed by atoms with van der Waals surface area (Å²) in [4.78, 5) is 22.0. The van der Waals surface area contributed by atoms with E-state index in [1.54, 1.807) is 0 Å². The van der Waals surface area contributed by atoms with Crippen molar-refractivity contribution in [1.29, 1.82) is 0 Å². The molecule has 1 amide bonds. The van der Waals surface area contributed by atoms with Crippen LogP contribution in [0.2, 0.25) is 0 Å². The maximum atomic E-state index is 11.6. The number of rotatable bonds is 8. The molecular weight excluding hydrogens is 220 g/mol. The molecule has 0 bridgehead atoms. The van der Waals surface area contributed by atoms with E-state index in [-0.39, 0.29) is 24.2 Å². The summed E-state index contributed by atoms with van der Waals surface area (Å²) in [5.41, 5.74) is 5.77. The van der Waals surface area contributed by atoms with Crippen molar-refractivity contribution in [3.05, 3.63) is 0 Å². The second kappa shape index (κ2) is 8.06. The van der Waals surface area contributed by atoms with Crippen molar-refractivity contribution >= 4 is 11.9 Å². The van der Waals surface area contributed by atoms with Crippen molar-refractivity contribution in [2.75, 3.05) is 6.54 Å². The molecule has 0 saturated carbocycles. The molecule has 5 heteroatoms. The van der Waals surface area contributed by atoms with Gasteiger partial charge in [-0.2, -0.15) is 0 Å². The predicted octanol–water partition coefficient (Wildman–Crippen LogP) is 0.977. The summed E-state index contributed by atoms with van der Waals surface area (Å²) >= 11 is 0. The summed E-state index contributed by atoms with van der Waals surface area (Å²) in [6, 6.07) is -0.480. The SMILES string of the molecule is CC[C@H](C)[C@H](N)C(=O)NCC(C)CCC(=O)O. The Morgan fingerprint density at radius 2 is 1.94 bits per heavy atom. The van der Waals surface area contributed by atoms with Crippen LogP contribution in [0.5, 0.6) is 0 Å². The molecule has 0 aliphatic carbocycles. The van der Waals surface area contributed by atoms with Crippen molar-refractivity contribution < 1.29 is 14.7 Å². The molecule has 0 aromatic carbocycles. The molecule has 0 radical (unpaired) electrons. The first-order valence-electron chi connectivity index (χ1n) is 6.13. The van der Waals surface area contributed by atoms with Crippen molar-refractivity contribution in [1.82, 2.24) is 5.32 Å². The molecule has 3 atom stereocenters.